The van der Waals surface area contributed by atoms with Crippen molar-refractivity contribution >= 4 is 12.0 Å². The van der Waals surface area contributed by atoms with E-state index in [1.807, 2.05) is 36.4 Å². The van der Waals surface area contributed by atoms with Crippen LogP contribution in [-0.2, 0) is 9.53 Å². The summed E-state index contributed by atoms with van der Waals surface area (Å²) in [6.07, 6.45) is 6.62. The lowest BCUT2D eigenvalue weighted by Crippen LogP contribution is -1.98. The van der Waals surface area contributed by atoms with Gasteiger partial charge in [-0.05, 0) is 24.6 Å². The van der Waals surface area contributed by atoms with Crippen LogP contribution in [0.25, 0.3) is 6.08 Å². The molecule has 0 spiro atoms. The number of hydrogen-bond acceptors (Lipinski definition) is 3. The summed E-state index contributed by atoms with van der Waals surface area (Å²) in [4.78, 5) is 10.9. The number of nitrogens with one attached hydrogen (secondary N) is 1. The van der Waals surface area contributed by atoms with Crippen LogP contribution in [0.3, 0.4) is 0 Å². The van der Waals surface area contributed by atoms with Crippen molar-refractivity contribution in [2.45, 2.75) is 6.92 Å². The van der Waals surface area contributed by atoms with E-state index in [0.29, 0.717) is 6.61 Å². The number of ether oxygens (including phenoxy) is 1. The molecular weight excluding hydrogens is 228 g/mol. The van der Waals surface area contributed by atoms with Crippen LogP contribution in [0.4, 0.5) is 0 Å². The van der Waals surface area contributed by atoms with Gasteiger partial charge in [0, 0.05) is 18.5 Å². The number of aromatic nitrogens is 2. The Morgan fingerprint density at radius 1 is 1.33 bits per heavy atom. The number of carbonyl (C=O) groups excluding carboxylic acids is 1. The van der Waals surface area contributed by atoms with Crippen LogP contribution in [-0.4, -0.2) is 22.8 Å². The summed E-state index contributed by atoms with van der Waals surface area (Å²) in [6.45, 7) is 2.20. The molecule has 0 fully saturated rings. The molecule has 0 aliphatic rings. The molecule has 94 valence electrons. The van der Waals surface area contributed by atoms with Gasteiger partial charge in [-0.3, -0.25) is 5.10 Å². The highest BCUT2D eigenvalue weighted by molar-refractivity contribution is 5.86. The smallest absolute Gasteiger partial charge is 0.330 e. The van der Waals surface area contributed by atoms with E-state index in [9.17, 15) is 4.79 Å². The van der Waals surface area contributed by atoms with Gasteiger partial charge in [-0.15, -0.1) is 0 Å². The summed E-state index contributed by atoms with van der Waals surface area (Å²) < 4.78 is 4.74. The summed E-state index contributed by atoms with van der Waals surface area (Å²) in [5.41, 5.74) is 0.996. The maximum absolute atomic E-state index is 10.9. The molecule has 1 aromatic carbocycles. The Morgan fingerprint density at radius 2 is 2.11 bits per heavy atom. The fraction of sp³-hybridized carbons (Fsp3) is 0.143. The fourth-order valence-corrected chi connectivity index (χ4v) is 1.13. The average Bonchev–Trinajstić information content (AvgIpc) is 2.97. The Balaban J connectivity index is 0.000000269. The first-order chi connectivity index (χ1) is 8.83. The molecule has 0 radical (unpaired) electrons. The van der Waals surface area contributed by atoms with Gasteiger partial charge in [0.05, 0.1) is 6.61 Å². The largest absolute Gasteiger partial charge is 0.463 e. The second-order valence-corrected chi connectivity index (χ2v) is 3.26. The summed E-state index contributed by atoms with van der Waals surface area (Å²) in [5, 5.41) is 6.21. The number of H-pyrrole nitrogens is 1. The zero-order chi connectivity index (χ0) is 13.1. The monoisotopic (exact) mass is 244 g/mol. The van der Waals surface area contributed by atoms with E-state index in [1.165, 1.54) is 6.08 Å². The molecular formula is C14H16N2O2. The normalized spacial score (nSPS) is 9.61. The Morgan fingerprint density at radius 3 is 2.61 bits per heavy atom. The van der Waals surface area contributed by atoms with Crippen molar-refractivity contribution in [3.8, 4) is 0 Å². The first kappa shape index (κ1) is 13.7. The average molecular weight is 244 g/mol. The van der Waals surface area contributed by atoms with E-state index in [2.05, 4.69) is 10.2 Å². The van der Waals surface area contributed by atoms with Gasteiger partial charge < -0.3 is 4.74 Å². The van der Waals surface area contributed by atoms with Crippen LogP contribution in [0.1, 0.15) is 12.5 Å². The number of carbonyl (C=O) groups is 1. The fourth-order valence-electron chi connectivity index (χ4n) is 1.13. The molecule has 1 N–H and O–H groups in total. The molecule has 0 amide bonds. The molecule has 0 aliphatic carbocycles. The van der Waals surface area contributed by atoms with Gasteiger partial charge >= 0.3 is 5.97 Å². The number of benzene rings is 1. The summed E-state index contributed by atoms with van der Waals surface area (Å²) >= 11 is 0. The van der Waals surface area contributed by atoms with Crippen molar-refractivity contribution in [2.75, 3.05) is 6.61 Å². The molecule has 0 bridgehead atoms. The predicted molar refractivity (Wildman–Crippen MR) is 70.7 cm³/mol. The van der Waals surface area contributed by atoms with Gasteiger partial charge in [0.2, 0.25) is 0 Å². The lowest BCUT2D eigenvalue weighted by molar-refractivity contribution is -0.137. The van der Waals surface area contributed by atoms with Crippen molar-refractivity contribution in [2.24, 2.45) is 0 Å². The van der Waals surface area contributed by atoms with E-state index in [4.69, 9.17) is 4.74 Å². The van der Waals surface area contributed by atoms with Crippen LogP contribution in [0.2, 0.25) is 0 Å². The maximum Gasteiger partial charge on any atom is 0.330 e. The second kappa shape index (κ2) is 8.75. The van der Waals surface area contributed by atoms with Crippen LogP contribution < -0.4 is 0 Å². The number of aromatic amines is 1. The topological polar surface area (TPSA) is 55.0 Å². The Hall–Kier alpha value is -2.36. The lowest BCUT2D eigenvalue weighted by atomic mass is 10.2. The van der Waals surface area contributed by atoms with Crippen molar-refractivity contribution in [1.29, 1.82) is 0 Å². The van der Waals surface area contributed by atoms with Crippen LogP contribution in [0.15, 0.2) is 54.9 Å². The molecule has 2 aromatic rings. The Labute approximate surface area is 106 Å². The lowest BCUT2D eigenvalue weighted by Gasteiger charge is -1.94. The van der Waals surface area contributed by atoms with Crippen LogP contribution in [0, 0.1) is 0 Å². The van der Waals surface area contributed by atoms with E-state index in [0.717, 1.165) is 5.56 Å². The van der Waals surface area contributed by atoms with E-state index >= 15 is 0 Å². The van der Waals surface area contributed by atoms with Crippen LogP contribution in [0.5, 0.6) is 0 Å². The Bertz CT molecular complexity index is 433. The minimum Gasteiger partial charge on any atom is -0.463 e. The summed E-state index contributed by atoms with van der Waals surface area (Å²) in [6, 6.07) is 11.5. The predicted octanol–water partition coefficient (Wildman–Crippen LogP) is 2.67. The number of esters is 1. The molecule has 0 atom stereocenters. The minimum atomic E-state index is -0.300. The van der Waals surface area contributed by atoms with E-state index in [1.54, 1.807) is 25.4 Å². The first-order valence-corrected chi connectivity index (χ1v) is 5.66. The maximum atomic E-state index is 10.9. The van der Waals surface area contributed by atoms with E-state index < -0.39 is 0 Å². The van der Waals surface area contributed by atoms with Gasteiger partial charge in [0.1, 0.15) is 0 Å². The number of rotatable bonds is 3. The van der Waals surface area contributed by atoms with Crippen LogP contribution >= 0.6 is 0 Å². The van der Waals surface area contributed by atoms with Crippen molar-refractivity contribution < 1.29 is 9.53 Å². The summed E-state index contributed by atoms with van der Waals surface area (Å²) in [7, 11) is 0. The van der Waals surface area contributed by atoms with Crippen molar-refractivity contribution in [3.63, 3.8) is 0 Å². The van der Waals surface area contributed by atoms with Crippen molar-refractivity contribution in [1.82, 2.24) is 10.2 Å². The molecule has 0 saturated carbocycles. The molecule has 18 heavy (non-hydrogen) atoms. The second-order valence-electron chi connectivity index (χ2n) is 3.26. The molecule has 0 unspecified atom stereocenters. The third-order valence-electron chi connectivity index (χ3n) is 1.90. The Kier molecular flexibility index (Phi) is 6.66. The third kappa shape index (κ3) is 6.27. The van der Waals surface area contributed by atoms with Crippen molar-refractivity contribution in [3.05, 3.63) is 60.4 Å². The highest BCUT2D eigenvalue weighted by atomic mass is 16.5. The van der Waals surface area contributed by atoms with E-state index in [-0.39, 0.29) is 5.97 Å². The molecule has 2 rings (SSSR count). The van der Waals surface area contributed by atoms with Gasteiger partial charge in [-0.1, -0.05) is 30.3 Å². The zero-order valence-corrected chi connectivity index (χ0v) is 10.2. The molecule has 4 heteroatoms. The quantitative estimate of drug-likeness (QED) is 0.667. The zero-order valence-electron chi connectivity index (χ0n) is 10.2. The molecule has 0 aliphatic heterocycles. The van der Waals surface area contributed by atoms with Gasteiger partial charge in [-0.2, -0.15) is 5.10 Å². The molecule has 0 saturated heterocycles. The molecule has 1 heterocycles. The SMILES string of the molecule is CCOC(=O)/C=C/c1ccccc1.c1cn[nH]c1. The number of nitrogens with zero attached hydrogens (tertiary/aromatic N) is 1. The first-order valence-electron chi connectivity index (χ1n) is 5.66. The molecule has 4 nitrogen and oxygen atoms in total. The molecule has 1 aromatic heterocycles. The summed E-state index contributed by atoms with van der Waals surface area (Å²) in [5.74, 6) is -0.300. The highest BCUT2D eigenvalue weighted by Crippen LogP contribution is 2.00. The highest BCUT2D eigenvalue weighted by Gasteiger charge is 1.92. The third-order valence-corrected chi connectivity index (χ3v) is 1.90. The van der Waals surface area contributed by atoms with Gasteiger partial charge in [0.15, 0.2) is 0 Å². The minimum absolute atomic E-state index is 0.300. The number of hydrogen-bond donors (Lipinski definition) is 1. The standard InChI is InChI=1S/C11H12O2.C3H4N2/c1-2-13-11(12)9-8-10-6-4-3-5-7-10;1-2-4-5-3-1/h3-9H,2H2,1H3;1-3H,(H,4,5)/b9-8+;. The van der Waals surface area contributed by atoms with Gasteiger partial charge in [0.25, 0.3) is 0 Å². The van der Waals surface area contributed by atoms with Gasteiger partial charge in [-0.25, -0.2) is 4.79 Å².